The number of rotatable bonds is 5. The van der Waals surface area contributed by atoms with Gasteiger partial charge in [0, 0.05) is 21.8 Å². The highest BCUT2D eigenvalue weighted by Gasteiger charge is 2.21. The van der Waals surface area contributed by atoms with E-state index in [4.69, 9.17) is 4.42 Å². The molecule has 10 rings (SSSR count). The highest BCUT2D eigenvalue weighted by molar-refractivity contribution is 6.14. The molecule has 0 fully saturated rings. The van der Waals surface area contributed by atoms with E-state index in [9.17, 15) is 0 Å². The van der Waals surface area contributed by atoms with Crippen molar-refractivity contribution in [2.45, 2.75) is 0 Å². The van der Waals surface area contributed by atoms with Gasteiger partial charge in [0.25, 0.3) is 0 Å². The largest absolute Gasteiger partial charge is 0.454 e. The van der Waals surface area contributed by atoms with Gasteiger partial charge >= 0.3 is 0 Å². The van der Waals surface area contributed by atoms with Gasteiger partial charge in [-0.05, 0) is 85.6 Å². The van der Waals surface area contributed by atoms with Crippen molar-refractivity contribution in [3.05, 3.63) is 188 Å². The van der Waals surface area contributed by atoms with E-state index in [-0.39, 0.29) is 0 Å². The van der Waals surface area contributed by atoms with Gasteiger partial charge < -0.3 is 9.32 Å². The van der Waals surface area contributed by atoms with Gasteiger partial charge in [-0.3, -0.25) is 0 Å². The topological polar surface area (TPSA) is 16.4 Å². The molecule has 9 aromatic carbocycles. The van der Waals surface area contributed by atoms with E-state index in [1.165, 1.54) is 54.6 Å². The van der Waals surface area contributed by atoms with Crippen molar-refractivity contribution in [1.29, 1.82) is 0 Å². The number of fused-ring (bicyclic) bond motifs is 6. The number of nitrogens with zero attached hydrogens (tertiary/aromatic N) is 1. The smallest absolute Gasteiger partial charge is 0.159 e. The Hall–Kier alpha value is -6.64. The lowest BCUT2D eigenvalue weighted by Crippen LogP contribution is -2.10. The number of hydrogen-bond acceptors (Lipinski definition) is 2. The third kappa shape index (κ3) is 4.57. The van der Waals surface area contributed by atoms with E-state index in [2.05, 4.69) is 193 Å². The van der Waals surface area contributed by atoms with Crippen molar-refractivity contribution >= 4 is 71.3 Å². The zero-order chi connectivity index (χ0) is 33.0. The molecule has 0 unspecified atom stereocenters. The van der Waals surface area contributed by atoms with Crippen molar-refractivity contribution in [3.8, 4) is 22.3 Å². The lowest BCUT2D eigenvalue weighted by molar-refractivity contribution is 0.669. The van der Waals surface area contributed by atoms with E-state index >= 15 is 0 Å². The molecular weight excluding hydrogens is 607 g/mol. The second kappa shape index (κ2) is 11.5. The summed E-state index contributed by atoms with van der Waals surface area (Å²) in [5, 5.41) is 9.48. The van der Waals surface area contributed by atoms with Crippen LogP contribution in [0.5, 0.6) is 0 Å². The summed E-state index contributed by atoms with van der Waals surface area (Å²) in [4.78, 5) is 2.36. The molecule has 10 aromatic rings. The maximum absolute atomic E-state index is 6.78. The Balaban J connectivity index is 1.18. The summed E-state index contributed by atoms with van der Waals surface area (Å²) in [5.41, 5.74) is 9.79. The van der Waals surface area contributed by atoms with Crippen molar-refractivity contribution in [2.75, 3.05) is 4.90 Å². The molecule has 1 aromatic heterocycles. The molecule has 0 radical (unpaired) electrons. The van der Waals surface area contributed by atoms with Crippen molar-refractivity contribution in [3.63, 3.8) is 0 Å². The minimum atomic E-state index is 0.872. The first kappa shape index (κ1) is 28.4. The summed E-state index contributed by atoms with van der Waals surface area (Å²) in [7, 11) is 0. The van der Waals surface area contributed by atoms with E-state index < -0.39 is 0 Å². The Labute approximate surface area is 290 Å². The van der Waals surface area contributed by atoms with Gasteiger partial charge in [0.05, 0.1) is 11.4 Å². The fourth-order valence-electron chi connectivity index (χ4n) is 7.69. The van der Waals surface area contributed by atoms with Gasteiger partial charge in [-0.15, -0.1) is 0 Å². The average Bonchev–Trinajstić information content (AvgIpc) is 3.55. The normalized spacial score (nSPS) is 11.6. The van der Waals surface area contributed by atoms with Crippen LogP contribution in [-0.4, -0.2) is 0 Å². The SMILES string of the molecule is c1ccc(-c2cccc3cccc(-c4ccc(N(c5cccc6ccccc56)c5cccc6c5oc5cc7ccccc7cc56)cc4)c23)cc1. The van der Waals surface area contributed by atoms with Crippen LogP contribution in [0.15, 0.2) is 192 Å². The Kier molecular flexibility index (Phi) is 6.53. The molecule has 0 amide bonds. The molecule has 0 bridgehead atoms. The quantitative estimate of drug-likeness (QED) is 0.187. The minimum Gasteiger partial charge on any atom is -0.454 e. The first-order chi connectivity index (χ1) is 24.8. The molecule has 0 aliphatic heterocycles. The predicted molar refractivity (Wildman–Crippen MR) is 212 cm³/mol. The highest BCUT2D eigenvalue weighted by atomic mass is 16.3. The van der Waals surface area contributed by atoms with Gasteiger partial charge in [0.2, 0.25) is 0 Å². The third-order valence-electron chi connectivity index (χ3n) is 10.0. The minimum absolute atomic E-state index is 0.872. The maximum Gasteiger partial charge on any atom is 0.159 e. The Morgan fingerprint density at radius 1 is 0.360 bits per heavy atom. The van der Waals surface area contributed by atoms with Crippen molar-refractivity contribution in [2.24, 2.45) is 0 Å². The average molecular weight is 638 g/mol. The first-order valence-electron chi connectivity index (χ1n) is 17.1. The van der Waals surface area contributed by atoms with Gasteiger partial charge in [-0.2, -0.15) is 0 Å². The summed E-state index contributed by atoms with van der Waals surface area (Å²) in [6, 6.07) is 67.4. The molecule has 0 saturated carbocycles. The van der Waals surface area contributed by atoms with Gasteiger partial charge in [0.1, 0.15) is 5.58 Å². The zero-order valence-electron chi connectivity index (χ0n) is 27.3. The van der Waals surface area contributed by atoms with Gasteiger partial charge in [-0.25, -0.2) is 0 Å². The summed E-state index contributed by atoms with van der Waals surface area (Å²) < 4.78 is 6.78. The number of furan rings is 1. The van der Waals surface area contributed by atoms with Crippen LogP contribution < -0.4 is 4.90 Å². The summed E-state index contributed by atoms with van der Waals surface area (Å²) in [6.07, 6.45) is 0. The van der Waals surface area contributed by atoms with Crippen LogP contribution >= 0.6 is 0 Å². The van der Waals surface area contributed by atoms with Crippen molar-refractivity contribution < 1.29 is 4.42 Å². The molecule has 0 atom stereocenters. The lowest BCUT2D eigenvalue weighted by atomic mass is 9.91. The Bertz CT molecular complexity index is 2860. The molecule has 0 aliphatic rings. The van der Waals surface area contributed by atoms with Crippen LogP contribution in [0.25, 0.3) is 76.5 Å². The van der Waals surface area contributed by atoms with E-state index in [0.29, 0.717) is 0 Å². The molecule has 2 nitrogen and oxygen atoms in total. The predicted octanol–water partition coefficient (Wildman–Crippen LogP) is 13.8. The molecule has 0 saturated heterocycles. The molecular formula is C48H31NO. The molecule has 0 spiro atoms. The number of benzene rings is 9. The zero-order valence-corrected chi connectivity index (χ0v) is 27.3. The maximum atomic E-state index is 6.78. The van der Waals surface area contributed by atoms with Crippen LogP contribution in [-0.2, 0) is 0 Å². The number of para-hydroxylation sites is 1. The summed E-state index contributed by atoms with van der Waals surface area (Å²) in [5.74, 6) is 0. The van der Waals surface area contributed by atoms with E-state index in [1.807, 2.05) is 0 Å². The lowest BCUT2D eigenvalue weighted by Gasteiger charge is -2.27. The monoisotopic (exact) mass is 637 g/mol. The molecule has 1 heterocycles. The van der Waals surface area contributed by atoms with E-state index in [0.717, 1.165) is 39.0 Å². The van der Waals surface area contributed by atoms with Crippen LogP contribution in [0.4, 0.5) is 17.1 Å². The van der Waals surface area contributed by atoms with Gasteiger partial charge in [-0.1, -0.05) is 152 Å². The fourth-order valence-corrected chi connectivity index (χ4v) is 7.69. The molecule has 234 valence electrons. The molecule has 0 N–H and O–H groups in total. The van der Waals surface area contributed by atoms with Crippen LogP contribution in [0, 0.1) is 0 Å². The first-order valence-corrected chi connectivity index (χ1v) is 17.1. The second-order valence-electron chi connectivity index (χ2n) is 12.9. The molecule has 2 heteroatoms. The highest BCUT2D eigenvalue weighted by Crippen LogP contribution is 2.45. The Morgan fingerprint density at radius 2 is 0.920 bits per heavy atom. The standard InChI is InChI=1S/C48H31NO/c1-2-12-33(13-3-1)40-21-8-18-35-19-9-22-41(47(35)40)34-26-28-38(29-27-34)49(44-24-10-17-32-14-6-7-20-39(32)44)45-25-11-23-42-43-30-36-15-4-5-16-37(36)31-46(43)50-48(42)45/h1-31H. The number of hydrogen-bond donors (Lipinski definition) is 0. The summed E-state index contributed by atoms with van der Waals surface area (Å²) in [6.45, 7) is 0. The van der Waals surface area contributed by atoms with Crippen LogP contribution in [0.3, 0.4) is 0 Å². The van der Waals surface area contributed by atoms with Crippen LogP contribution in [0.2, 0.25) is 0 Å². The molecule has 0 aliphatic carbocycles. The fraction of sp³-hybridized carbons (Fsp3) is 0. The second-order valence-corrected chi connectivity index (χ2v) is 12.9. The third-order valence-corrected chi connectivity index (χ3v) is 10.0. The molecule has 50 heavy (non-hydrogen) atoms. The van der Waals surface area contributed by atoms with Crippen molar-refractivity contribution in [1.82, 2.24) is 0 Å². The van der Waals surface area contributed by atoms with Gasteiger partial charge in [0.15, 0.2) is 5.58 Å². The Morgan fingerprint density at radius 3 is 1.70 bits per heavy atom. The number of anilines is 3. The van der Waals surface area contributed by atoms with Crippen LogP contribution in [0.1, 0.15) is 0 Å². The van der Waals surface area contributed by atoms with E-state index in [1.54, 1.807) is 0 Å². The summed E-state index contributed by atoms with van der Waals surface area (Å²) >= 11 is 0.